The first-order chi connectivity index (χ1) is 8.63. The lowest BCUT2D eigenvalue weighted by Crippen LogP contribution is -2.48. The predicted molar refractivity (Wildman–Crippen MR) is 62.4 cm³/mol. The van der Waals surface area contributed by atoms with Gasteiger partial charge in [0.15, 0.2) is 0 Å². The molecule has 0 amide bonds. The summed E-state index contributed by atoms with van der Waals surface area (Å²) >= 11 is 0. The average Bonchev–Trinajstić information content (AvgIpc) is 2.39. The van der Waals surface area contributed by atoms with Gasteiger partial charge in [-0.2, -0.15) is 0 Å². The molecule has 2 N–H and O–H groups in total. The Hall–Kier alpha value is -1.60. The summed E-state index contributed by atoms with van der Waals surface area (Å²) in [6.07, 6.45) is 1.27. The van der Waals surface area contributed by atoms with Crippen LogP contribution in [0.5, 0.6) is 0 Å². The summed E-state index contributed by atoms with van der Waals surface area (Å²) in [6.45, 7) is 0.0340. The Morgan fingerprint density at radius 2 is 2.39 bits per heavy atom. The van der Waals surface area contributed by atoms with Crippen molar-refractivity contribution in [2.45, 2.75) is 24.6 Å². The third-order valence-corrected chi connectivity index (χ3v) is 2.64. The van der Waals surface area contributed by atoms with Crippen molar-refractivity contribution >= 4 is 5.97 Å². The fourth-order valence-corrected chi connectivity index (χ4v) is 1.73. The van der Waals surface area contributed by atoms with Gasteiger partial charge >= 0.3 is 5.97 Å². The van der Waals surface area contributed by atoms with E-state index in [0.717, 1.165) is 0 Å². The molecule has 1 aliphatic rings. The van der Waals surface area contributed by atoms with E-state index in [-0.39, 0.29) is 13.2 Å². The van der Waals surface area contributed by atoms with Crippen LogP contribution in [0.3, 0.4) is 0 Å². The van der Waals surface area contributed by atoms with E-state index in [1.807, 2.05) is 0 Å². The molecule has 0 saturated heterocycles. The van der Waals surface area contributed by atoms with Crippen LogP contribution in [0.1, 0.15) is 6.42 Å². The van der Waals surface area contributed by atoms with E-state index in [2.05, 4.69) is 14.8 Å². The van der Waals surface area contributed by atoms with Crippen LogP contribution >= 0.6 is 0 Å². The maximum atomic E-state index is 11.5. The van der Waals surface area contributed by atoms with Crippen molar-refractivity contribution in [3.05, 3.63) is 22.1 Å². The van der Waals surface area contributed by atoms with Crippen LogP contribution in [0, 0.1) is 0 Å². The summed E-state index contributed by atoms with van der Waals surface area (Å²) in [5, 5.41) is 3.58. The smallest absolute Gasteiger partial charge is 0.333 e. The molecule has 0 saturated carbocycles. The molecule has 0 fully saturated rings. The predicted octanol–water partition coefficient (Wildman–Crippen LogP) is 0.485. The molecular weight excluding hydrogens is 240 g/mol. The topological polar surface area (TPSA) is 120 Å². The van der Waals surface area contributed by atoms with E-state index < -0.39 is 24.2 Å². The number of ether oxygens (including phenoxy) is 3. The van der Waals surface area contributed by atoms with E-state index in [1.165, 1.54) is 14.2 Å². The van der Waals surface area contributed by atoms with Gasteiger partial charge in [0.25, 0.3) is 0 Å². The van der Waals surface area contributed by atoms with Gasteiger partial charge in [0.1, 0.15) is 6.79 Å². The number of azide groups is 1. The van der Waals surface area contributed by atoms with Crippen LogP contribution in [0.4, 0.5) is 0 Å². The van der Waals surface area contributed by atoms with Crippen molar-refractivity contribution in [3.8, 4) is 0 Å². The largest absolute Gasteiger partial charge is 0.466 e. The first-order valence-electron chi connectivity index (χ1n) is 5.33. The van der Waals surface area contributed by atoms with Gasteiger partial charge < -0.3 is 19.9 Å². The monoisotopic (exact) mass is 256 g/mol. The lowest BCUT2D eigenvalue weighted by atomic mass is 9.89. The molecule has 100 valence electrons. The van der Waals surface area contributed by atoms with Gasteiger partial charge in [-0.15, -0.1) is 0 Å². The molecule has 0 aromatic rings. The SMILES string of the molecule is COCOC1C=C(C(=O)OC)CC(N=[N+]=[N-])C1N. The Morgan fingerprint density at radius 1 is 1.67 bits per heavy atom. The van der Waals surface area contributed by atoms with Crippen molar-refractivity contribution in [1.82, 2.24) is 0 Å². The summed E-state index contributed by atoms with van der Waals surface area (Å²) in [5.74, 6) is -0.481. The van der Waals surface area contributed by atoms with Gasteiger partial charge in [-0.25, -0.2) is 4.79 Å². The van der Waals surface area contributed by atoms with Crippen molar-refractivity contribution < 1.29 is 19.0 Å². The Balaban J connectivity index is 2.90. The average molecular weight is 256 g/mol. The van der Waals surface area contributed by atoms with E-state index in [0.29, 0.717) is 5.57 Å². The molecule has 1 rings (SSSR count). The number of methoxy groups -OCH3 is 2. The summed E-state index contributed by atoms with van der Waals surface area (Å²) in [6, 6.07) is -1.07. The van der Waals surface area contributed by atoms with Crippen molar-refractivity contribution in [2.24, 2.45) is 10.8 Å². The lowest BCUT2D eigenvalue weighted by Gasteiger charge is -2.31. The number of carbonyl (C=O) groups is 1. The fraction of sp³-hybridized carbons (Fsp3) is 0.700. The number of esters is 1. The van der Waals surface area contributed by atoms with Crippen LogP contribution in [0.25, 0.3) is 10.4 Å². The lowest BCUT2D eigenvalue weighted by molar-refractivity contribution is -0.136. The molecule has 0 heterocycles. The van der Waals surface area contributed by atoms with Gasteiger partial charge in [-0.05, 0) is 18.0 Å². The maximum Gasteiger partial charge on any atom is 0.333 e. The molecule has 3 unspecified atom stereocenters. The second-order valence-corrected chi connectivity index (χ2v) is 3.78. The van der Waals surface area contributed by atoms with Crippen molar-refractivity contribution in [3.63, 3.8) is 0 Å². The van der Waals surface area contributed by atoms with Crippen molar-refractivity contribution in [2.75, 3.05) is 21.0 Å². The minimum atomic E-state index is -0.553. The highest BCUT2D eigenvalue weighted by atomic mass is 16.7. The summed E-state index contributed by atoms with van der Waals surface area (Å²) in [7, 11) is 2.76. The summed E-state index contributed by atoms with van der Waals surface area (Å²) < 4.78 is 14.7. The summed E-state index contributed by atoms with van der Waals surface area (Å²) in [4.78, 5) is 14.2. The number of rotatable bonds is 5. The van der Waals surface area contributed by atoms with Gasteiger partial charge in [0, 0.05) is 23.6 Å². The van der Waals surface area contributed by atoms with Crippen LogP contribution < -0.4 is 5.73 Å². The highest BCUT2D eigenvalue weighted by Gasteiger charge is 2.33. The molecule has 0 aromatic carbocycles. The third-order valence-electron chi connectivity index (χ3n) is 2.64. The van der Waals surface area contributed by atoms with E-state index in [4.69, 9.17) is 20.7 Å². The molecule has 1 aliphatic carbocycles. The van der Waals surface area contributed by atoms with E-state index in [1.54, 1.807) is 6.08 Å². The minimum Gasteiger partial charge on any atom is -0.466 e. The standard InChI is InChI=1S/C10H16N4O4/c1-16-5-18-8-4-6(10(15)17-2)3-7(9(8)11)13-14-12/h4,7-9H,3,5,11H2,1-2H3. The number of nitrogens with zero attached hydrogens (tertiary/aromatic N) is 3. The van der Waals surface area contributed by atoms with Gasteiger partial charge in [0.2, 0.25) is 0 Å². The van der Waals surface area contributed by atoms with Crippen LogP contribution in [0.2, 0.25) is 0 Å². The Bertz CT molecular complexity index is 378. The first-order valence-corrected chi connectivity index (χ1v) is 5.33. The zero-order valence-electron chi connectivity index (χ0n) is 10.3. The number of carbonyl (C=O) groups excluding carboxylic acids is 1. The van der Waals surface area contributed by atoms with Crippen molar-refractivity contribution in [1.29, 1.82) is 0 Å². The molecule has 0 aromatic heterocycles. The molecule has 3 atom stereocenters. The Kier molecular flexibility index (Phi) is 5.60. The van der Waals surface area contributed by atoms with Gasteiger partial charge in [-0.1, -0.05) is 5.11 Å². The zero-order chi connectivity index (χ0) is 13.5. The second kappa shape index (κ2) is 6.97. The van der Waals surface area contributed by atoms with Crippen LogP contribution in [-0.4, -0.2) is 45.2 Å². The molecule has 8 nitrogen and oxygen atoms in total. The molecule has 8 heteroatoms. The van der Waals surface area contributed by atoms with Crippen LogP contribution in [-0.2, 0) is 19.0 Å². The second-order valence-electron chi connectivity index (χ2n) is 3.78. The molecule has 0 radical (unpaired) electrons. The van der Waals surface area contributed by atoms with Gasteiger partial charge in [0.05, 0.1) is 19.3 Å². The first kappa shape index (κ1) is 14.5. The fourth-order valence-electron chi connectivity index (χ4n) is 1.73. The number of hydrogen-bond acceptors (Lipinski definition) is 6. The third kappa shape index (κ3) is 3.44. The molecule has 0 bridgehead atoms. The highest BCUT2D eigenvalue weighted by molar-refractivity contribution is 5.88. The summed E-state index contributed by atoms with van der Waals surface area (Å²) in [5.41, 5.74) is 14.8. The minimum absolute atomic E-state index is 0.0340. The van der Waals surface area contributed by atoms with Gasteiger partial charge in [-0.3, -0.25) is 0 Å². The van der Waals surface area contributed by atoms with E-state index in [9.17, 15) is 4.79 Å². The Morgan fingerprint density at radius 3 is 2.94 bits per heavy atom. The number of hydrogen-bond donors (Lipinski definition) is 1. The highest BCUT2D eigenvalue weighted by Crippen LogP contribution is 2.23. The Labute approximate surface area is 104 Å². The molecule has 0 aliphatic heterocycles. The zero-order valence-corrected chi connectivity index (χ0v) is 10.3. The number of nitrogens with two attached hydrogens (primary N) is 1. The quantitative estimate of drug-likeness (QED) is 0.252. The normalized spacial score (nSPS) is 27.1. The van der Waals surface area contributed by atoms with Crippen LogP contribution in [0.15, 0.2) is 16.8 Å². The maximum absolute atomic E-state index is 11.5. The molecule has 18 heavy (non-hydrogen) atoms. The van der Waals surface area contributed by atoms with E-state index >= 15 is 0 Å². The molecular formula is C10H16N4O4. The molecule has 0 spiro atoms.